The molecule has 0 spiro atoms. The molecule has 0 radical (unpaired) electrons. The third-order valence-electron chi connectivity index (χ3n) is 3.35. The van der Waals surface area contributed by atoms with Gasteiger partial charge in [-0.1, -0.05) is 17.7 Å². The van der Waals surface area contributed by atoms with Crippen LogP contribution in [0.5, 0.6) is 0 Å². The highest BCUT2D eigenvalue weighted by Crippen LogP contribution is 2.35. The Morgan fingerprint density at radius 2 is 2.24 bits per heavy atom. The number of rotatable bonds is 2. The van der Waals surface area contributed by atoms with Gasteiger partial charge in [0.1, 0.15) is 11.5 Å². The highest BCUT2D eigenvalue weighted by Gasteiger charge is 2.35. The first kappa shape index (κ1) is 12.8. The molecule has 0 bridgehead atoms. The zero-order chi connectivity index (χ0) is 12.5. The summed E-state index contributed by atoms with van der Waals surface area (Å²) in [5, 5.41) is 0.293. The summed E-state index contributed by atoms with van der Waals surface area (Å²) in [7, 11) is 0. The van der Waals surface area contributed by atoms with Crippen LogP contribution in [0.1, 0.15) is 31.2 Å². The molecule has 1 aliphatic carbocycles. The van der Waals surface area contributed by atoms with E-state index in [9.17, 15) is 8.78 Å². The summed E-state index contributed by atoms with van der Waals surface area (Å²) in [6.45, 7) is 0. The number of nitrogens with two attached hydrogens (primary N) is 1. The molecule has 1 nitrogen and oxygen atoms in total. The third-order valence-corrected chi connectivity index (χ3v) is 3.70. The average Bonchev–Trinajstić information content (AvgIpc) is 2.22. The minimum absolute atomic E-state index is 0.0760. The second kappa shape index (κ2) is 4.91. The van der Waals surface area contributed by atoms with E-state index >= 15 is 0 Å². The summed E-state index contributed by atoms with van der Waals surface area (Å²) in [5.41, 5.74) is 5.16. The molecule has 1 aromatic rings. The predicted molar refractivity (Wildman–Crippen MR) is 65.4 cm³/mol. The van der Waals surface area contributed by atoms with Crippen LogP contribution in [0.3, 0.4) is 0 Å². The fraction of sp³-hybridized carbons (Fsp3) is 0.538. The van der Waals surface area contributed by atoms with Gasteiger partial charge in [-0.3, -0.25) is 0 Å². The van der Waals surface area contributed by atoms with E-state index in [4.69, 9.17) is 17.3 Å². The minimum atomic E-state index is -1.29. The quantitative estimate of drug-likeness (QED) is 0.862. The molecule has 4 heteroatoms. The van der Waals surface area contributed by atoms with Gasteiger partial charge in [0.25, 0.3) is 0 Å². The lowest BCUT2D eigenvalue weighted by Gasteiger charge is -2.33. The van der Waals surface area contributed by atoms with Crippen molar-refractivity contribution in [3.05, 3.63) is 34.6 Å². The average molecular weight is 260 g/mol. The predicted octanol–water partition coefficient (Wildman–Crippen LogP) is 3.63. The van der Waals surface area contributed by atoms with E-state index in [1.54, 1.807) is 6.07 Å². The fourth-order valence-electron chi connectivity index (χ4n) is 2.52. The van der Waals surface area contributed by atoms with E-state index in [0.717, 1.165) is 12.8 Å². The van der Waals surface area contributed by atoms with Crippen molar-refractivity contribution in [3.63, 3.8) is 0 Å². The fourth-order valence-corrected chi connectivity index (χ4v) is 2.76. The number of benzene rings is 1. The maximum Gasteiger partial charge on any atom is 0.124 e. The molecule has 0 aromatic heterocycles. The first-order chi connectivity index (χ1) is 7.98. The number of hydrogen-bond donors (Lipinski definition) is 1. The zero-order valence-corrected chi connectivity index (χ0v) is 10.3. The topological polar surface area (TPSA) is 26.0 Å². The van der Waals surface area contributed by atoms with Crippen LogP contribution in [0.2, 0.25) is 5.02 Å². The van der Waals surface area contributed by atoms with Gasteiger partial charge in [0.05, 0.1) is 0 Å². The van der Waals surface area contributed by atoms with Crippen molar-refractivity contribution in [1.82, 2.24) is 0 Å². The van der Waals surface area contributed by atoms with Crippen LogP contribution in [-0.4, -0.2) is 11.7 Å². The molecule has 2 unspecified atom stereocenters. The van der Waals surface area contributed by atoms with E-state index < -0.39 is 11.5 Å². The normalized spacial score (nSPS) is 29.3. The molecule has 2 N–H and O–H groups in total. The van der Waals surface area contributed by atoms with Crippen LogP contribution < -0.4 is 5.73 Å². The van der Waals surface area contributed by atoms with Gasteiger partial charge in [0, 0.05) is 17.5 Å². The Morgan fingerprint density at radius 3 is 2.88 bits per heavy atom. The third kappa shape index (κ3) is 3.17. The van der Waals surface area contributed by atoms with Crippen LogP contribution in [0.15, 0.2) is 18.2 Å². The van der Waals surface area contributed by atoms with Crippen LogP contribution in [-0.2, 0) is 6.42 Å². The Labute approximate surface area is 105 Å². The molecule has 0 heterocycles. The van der Waals surface area contributed by atoms with E-state index in [0.29, 0.717) is 23.4 Å². The van der Waals surface area contributed by atoms with Crippen molar-refractivity contribution in [3.8, 4) is 0 Å². The first-order valence-electron chi connectivity index (χ1n) is 5.87. The maximum atomic E-state index is 14.6. The summed E-state index contributed by atoms with van der Waals surface area (Å²) in [4.78, 5) is 0. The second-order valence-corrected chi connectivity index (χ2v) is 5.33. The van der Waals surface area contributed by atoms with Gasteiger partial charge in [-0.2, -0.15) is 0 Å². The summed E-state index contributed by atoms with van der Waals surface area (Å²) >= 11 is 5.91. The molecule has 17 heavy (non-hydrogen) atoms. The van der Waals surface area contributed by atoms with Gasteiger partial charge < -0.3 is 5.73 Å². The number of hydrogen-bond acceptors (Lipinski definition) is 1. The van der Waals surface area contributed by atoms with Crippen molar-refractivity contribution >= 4 is 11.6 Å². The van der Waals surface area contributed by atoms with E-state index in [1.165, 1.54) is 12.1 Å². The van der Waals surface area contributed by atoms with Gasteiger partial charge in [-0.15, -0.1) is 0 Å². The van der Waals surface area contributed by atoms with Crippen LogP contribution in [0.25, 0.3) is 0 Å². The van der Waals surface area contributed by atoms with Crippen LogP contribution >= 0.6 is 11.6 Å². The Hall–Kier alpha value is -0.670. The Bertz CT molecular complexity index is 410. The lowest BCUT2D eigenvalue weighted by Crippen LogP contribution is -2.39. The molecule has 94 valence electrons. The van der Waals surface area contributed by atoms with Crippen molar-refractivity contribution in [2.45, 2.75) is 43.8 Å². The summed E-state index contributed by atoms with van der Waals surface area (Å²) < 4.78 is 27.4. The van der Waals surface area contributed by atoms with Gasteiger partial charge in [-0.25, -0.2) is 8.78 Å². The van der Waals surface area contributed by atoms with Crippen LogP contribution in [0, 0.1) is 5.82 Å². The monoisotopic (exact) mass is 259 g/mol. The second-order valence-electron chi connectivity index (χ2n) is 4.92. The van der Waals surface area contributed by atoms with Crippen molar-refractivity contribution < 1.29 is 8.78 Å². The molecule has 2 atom stereocenters. The molecule has 0 saturated heterocycles. The van der Waals surface area contributed by atoms with Crippen molar-refractivity contribution in [2.75, 3.05) is 0 Å². The Kier molecular flexibility index (Phi) is 3.69. The lowest BCUT2D eigenvalue weighted by molar-refractivity contribution is 0.0965. The van der Waals surface area contributed by atoms with Gasteiger partial charge in [-0.05, 0) is 43.4 Å². The molecule has 0 amide bonds. The molecule has 2 rings (SSSR count). The van der Waals surface area contributed by atoms with E-state index in [1.807, 2.05) is 0 Å². The first-order valence-corrected chi connectivity index (χ1v) is 6.25. The molecular weight excluding hydrogens is 244 g/mol. The Balaban J connectivity index is 2.14. The smallest absolute Gasteiger partial charge is 0.124 e. The molecule has 1 aromatic carbocycles. The maximum absolute atomic E-state index is 14.6. The number of alkyl halides is 1. The van der Waals surface area contributed by atoms with Crippen LogP contribution in [0.4, 0.5) is 8.78 Å². The SMILES string of the molecule is NC1CCCC(F)(Cc2ccc(F)cc2Cl)C1. The standard InChI is InChI=1S/C13H16ClF2N/c14-12-6-10(15)4-3-9(12)7-13(16)5-1-2-11(17)8-13/h3-4,6,11H,1-2,5,7-8,17H2. The summed E-state index contributed by atoms with van der Waals surface area (Å²) in [6.07, 6.45) is 2.77. The van der Waals surface area contributed by atoms with Crippen molar-refractivity contribution in [1.29, 1.82) is 0 Å². The van der Waals surface area contributed by atoms with Gasteiger partial charge in [0.2, 0.25) is 0 Å². The molecule has 1 saturated carbocycles. The van der Waals surface area contributed by atoms with E-state index in [-0.39, 0.29) is 12.5 Å². The summed E-state index contributed by atoms with van der Waals surface area (Å²) in [6, 6.07) is 4.02. The van der Waals surface area contributed by atoms with Gasteiger partial charge >= 0.3 is 0 Å². The molecule has 0 aliphatic heterocycles. The zero-order valence-electron chi connectivity index (χ0n) is 9.56. The van der Waals surface area contributed by atoms with Gasteiger partial charge in [0.15, 0.2) is 0 Å². The van der Waals surface area contributed by atoms with E-state index in [2.05, 4.69) is 0 Å². The molecule has 1 aliphatic rings. The van der Waals surface area contributed by atoms with Crippen molar-refractivity contribution in [2.24, 2.45) is 5.73 Å². The highest BCUT2D eigenvalue weighted by atomic mass is 35.5. The molecular formula is C13H16ClF2N. The largest absolute Gasteiger partial charge is 0.328 e. The minimum Gasteiger partial charge on any atom is -0.328 e. The highest BCUT2D eigenvalue weighted by molar-refractivity contribution is 6.31. The summed E-state index contributed by atoms with van der Waals surface area (Å²) in [5.74, 6) is -0.396. The lowest BCUT2D eigenvalue weighted by atomic mass is 9.80. The molecule has 1 fully saturated rings. The Morgan fingerprint density at radius 1 is 1.47 bits per heavy atom. The number of halogens is 3.